The Bertz CT molecular complexity index is 135. The van der Waals surface area contributed by atoms with Gasteiger partial charge in [0.2, 0.25) is 0 Å². The van der Waals surface area contributed by atoms with Gasteiger partial charge in [0, 0.05) is 12.5 Å². The smallest absolute Gasteiger partial charge is 0.133 e. The van der Waals surface area contributed by atoms with E-state index in [4.69, 9.17) is 15.3 Å². The number of carbonyl (C=O) groups is 1. The lowest BCUT2D eigenvalue weighted by molar-refractivity contribution is -0.122. The highest BCUT2D eigenvalue weighted by Crippen LogP contribution is 2.11. The van der Waals surface area contributed by atoms with Crippen LogP contribution in [-0.2, 0) is 4.79 Å². The zero-order chi connectivity index (χ0) is 9.56. The molecule has 72 valence electrons. The highest BCUT2D eigenvalue weighted by atomic mass is 16.3. The van der Waals surface area contributed by atoms with Gasteiger partial charge in [-0.3, -0.25) is 4.79 Å². The van der Waals surface area contributed by atoms with Gasteiger partial charge in [-0.25, -0.2) is 0 Å². The SMILES string of the molecule is CC(=O)C(CCO)CC(O)CO. The third-order valence-electron chi connectivity index (χ3n) is 1.82. The summed E-state index contributed by atoms with van der Waals surface area (Å²) in [5, 5.41) is 26.1. The van der Waals surface area contributed by atoms with Gasteiger partial charge in [0.15, 0.2) is 0 Å². The first-order chi connectivity index (χ1) is 5.61. The van der Waals surface area contributed by atoms with E-state index in [2.05, 4.69) is 0 Å². The second kappa shape index (κ2) is 6.11. The van der Waals surface area contributed by atoms with Crippen molar-refractivity contribution in [2.24, 2.45) is 5.92 Å². The first-order valence-corrected chi connectivity index (χ1v) is 4.02. The van der Waals surface area contributed by atoms with Gasteiger partial charge in [-0.2, -0.15) is 0 Å². The van der Waals surface area contributed by atoms with E-state index < -0.39 is 6.10 Å². The van der Waals surface area contributed by atoms with Crippen LogP contribution in [0.5, 0.6) is 0 Å². The molecular weight excluding hydrogens is 160 g/mol. The molecule has 2 atom stereocenters. The van der Waals surface area contributed by atoms with E-state index in [0.29, 0.717) is 6.42 Å². The van der Waals surface area contributed by atoms with Crippen LogP contribution in [0.25, 0.3) is 0 Å². The summed E-state index contributed by atoms with van der Waals surface area (Å²) >= 11 is 0. The monoisotopic (exact) mass is 176 g/mol. The van der Waals surface area contributed by atoms with Crippen molar-refractivity contribution in [3.05, 3.63) is 0 Å². The Hall–Kier alpha value is -0.450. The summed E-state index contributed by atoms with van der Waals surface area (Å²) in [7, 11) is 0. The Labute approximate surface area is 71.8 Å². The van der Waals surface area contributed by atoms with Crippen LogP contribution in [-0.4, -0.2) is 40.4 Å². The van der Waals surface area contributed by atoms with Crippen molar-refractivity contribution in [1.29, 1.82) is 0 Å². The Morgan fingerprint density at radius 2 is 2.00 bits per heavy atom. The van der Waals surface area contributed by atoms with Crippen molar-refractivity contribution < 1.29 is 20.1 Å². The van der Waals surface area contributed by atoms with Gasteiger partial charge >= 0.3 is 0 Å². The van der Waals surface area contributed by atoms with Crippen LogP contribution >= 0.6 is 0 Å². The van der Waals surface area contributed by atoms with Crippen LogP contribution < -0.4 is 0 Å². The lowest BCUT2D eigenvalue weighted by atomic mass is 9.95. The predicted molar refractivity (Wildman–Crippen MR) is 43.6 cm³/mol. The molecule has 0 aliphatic heterocycles. The minimum absolute atomic E-state index is 0.0587. The molecule has 0 aromatic heterocycles. The highest BCUT2D eigenvalue weighted by Gasteiger charge is 2.17. The molecule has 0 radical (unpaired) electrons. The van der Waals surface area contributed by atoms with E-state index in [1.165, 1.54) is 6.92 Å². The quantitative estimate of drug-likeness (QED) is 0.501. The number of Topliss-reactive ketones (excluding diaryl/α,β-unsaturated/α-hetero) is 1. The van der Waals surface area contributed by atoms with Gasteiger partial charge < -0.3 is 15.3 Å². The molecule has 0 spiro atoms. The molecule has 0 rings (SSSR count). The highest BCUT2D eigenvalue weighted by molar-refractivity contribution is 5.78. The number of aliphatic hydroxyl groups excluding tert-OH is 3. The molecule has 2 unspecified atom stereocenters. The molecule has 0 fully saturated rings. The van der Waals surface area contributed by atoms with Crippen LogP contribution in [0.3, 0.4) is 0 Å². The van der Waals surface area contributed by atoms with Crippen LogP contribution in [0.4, 0.5) is 0 Å². The number of hydrogen-bond acceptors (Lipinski definition) is 4. The molecule has 0 saturated carbocycles. The van der Waals surface area contributed by atoms with Crippen LogP contribution in [0.1, 0.15) is 19.8 Å². The summed E-state index contributed by atoms with van der Waals surface area (Å²) in [6, 6.07) is 0. The van der Waals surface area contributed by atoms with Crippen molar-refractivity contribution in [2.75, 3.05) is 13.2 Å². The summed E-state index contributed by atoms with van der Waals surface area (Å²) in [5.41, 5.74) is 0. The zero-order valence-corrected chi connectivity index (χ0v) is 7.23. The van der Waals surface area contributed by atoms with Gasteiger partial charge in [-0.1, -0.05) is 0 Å². The average molecular weight is 176 g/mol. The van der Waals surface area contributed by atoms with E-state index in [-0.39, 0.29) is 31.3 Å². The molecule has 4 heteroatoms. The average Bonchev–Trinajstić information content (AvgIpc) is 2.03. The fourth-order valence-electron chi connectivity index (χ4n) is 1.05. The first-order valence-electron chi connectivity index (χ1n) is 4.02. The number of rotatable bonds is 6. The zero-order valence-electron chi connectivity index (χ0n) is 7.23. The van der Waals surface area contributed by atoms with Crippen molar-refractivity contribution in [3.63, 3.8) is 0 Å². The topological polar surface area (TPSA) is 77.8 Å². The van der Waals surface area contributed by atoms with Crippen LogP contribution in [0.2, 0.25) is 0 Å². The third-order valence-corrected chi connectivity index (χ3v) is 1.82. The fourth-order valence-corrected chi connectivity index (χ4v) is 1.05. The Morgan fingerprint density at radius 3 is 2.33 bits per heavy atom. The number of ketones is 1. The van der Waals surface area contributed by atoms with Crippen molar-refractivity contribution in [2.45, 2.75) is 25.9 Å². The number of aliphatic hydroxyl groups is 3. The molecular formula is C8H16O4. The minimum atomic E-state index is -0.856. The van der Waals surface area contributed by atoms with E-state index in [1.54, 1.807) is 0 Å². The predicted octanol–water partition coefficient (Wildman–Crippen LogP) is -0.683. The van der Waals surface area contributed by atoms with E-state index in [1.807, 2.05) is 0 Å². The van der Waals surface area contributed by atoms with Gasteiger partial charge in [0.1, 0.15) is 5.78 Å². The molecule has 0 bridgehead atoms. The number of hydrogen-bond donors (Lipinski definition) is 3. The molecule has 0 amide bonds. The molecule has 0 heterocycles. The van der Waals surface area contributed by atoms with Gasteiger partial charge in [-0.15, -0.1) is 0 Å². The van der Waals surface area contributed by atoms with Crippen molar-refractivity contribution in [3.8, 4) is 0 Å². The summed E-state index contributed by atoms with van der Waals surface area (Å²) in [6.07, 6.45) is -0.274. The molecule has 4 nitrogen and oxygen atoms in total. The Kier molecular flexibility index (Phi) is 5.88. The molecule has 3 N–H and O–H groups in total. The fraction of sp³-hybridized carbons (Fsp3) is 0.875. The first kappa shape index (κ1) is 11.6. The van der Waals surface area contributed by atoms with Crippen LogP contribution in [0.15, 0.2) is 0 Å². The van der Waals surface area contributed by atoms with Gasteiger partial charge in [0.05, 0.1) is 12.7 Å². The minimum Gasteiger partial charge on any atom is -0.396 e. The third kappa shape index (κ3) is 4.43. The van der Waals surface area contributed by atoms with E-state index in [0.717, 1.165) is 0 Å². The second-order valence-electron chi connectivity index (χ2n) is 2.89. The lowest BCUT2D eigenvalue weighted by Crippen LogP contribution is -2.22. The maximum atomic E-state index is 10.9. The largest absolute Gasteiger partial charge is 0.396 e. The standard InChI is InChI=1S/C8H16O4/c1-6(11)7(2-3-9)4-8(12)5-10/h7-10,12H,2-5H2,1H3. The summed E-state index contributed by atoms with van der Waals surface area (Å²) in [5.74, 6) is -0.395. The Balaban J connectivity index is 3.86. The molecule has 0 saturated heterocycles. The molecule has 0 aromatic rings. The van der Waals surface area contributed by atoms with Crippen molar-refractivity contribution in [1.82, 2.24) is 0 Å². The maximum absolute atomic E-state index is 10.9. The summed E-state index contributed by atoms with van der Waals surface area (Å²) in [6.45, 7) is 1.02. The lowest BCUT2D eigenvalue weighted by Gasteiger charge is -2.14. The maximum Gasteiger partial charge on any atom is 0.133 e. The van der Waals surface area contributed by atoms with E-state index >= 15 is 0 Å². The van der Waals surface area contributed by atoms with E-state index in [9.17, 15) is 4.79 Å². The second-order valence-corrected chi connectivity index (χ2v) is 2.89. The summed E-state index contributed by atoms with van der Waals surface area (Å²) < 4.78 is 0. The normalized spacial score (nSPS) is 15.7. The van der Waals surface area contributed by atoms with Gasteiger partial charge in [-0.05, 0) is 19.8 Å². The molecule has 0 aliphatic rings. The Morgan fingerprint density at radius 1 is 1.42 bits per heavy atom. The van der Waals surface area contributed by atoms with Gasteiger partial charge in [0.25, 0.3) is 0 Å². The number of carbonyl (C=O) groups excluding carboxylic acids is 1. The van der Waals surface area contributed by atoms with Crippen molar-refractivity contribution >= 4 is 5.78 Å². The van der Waals surface area contributed by atoms with Crippen LogP contribution in [0, 0.1) is 5.92 Å². The summed E-state index contributed by atoms with van der Waals surface area (Å²) in [4.78, 5) is 10.9. The molecule has 0 aliphatic carbocycles. The molecule has 0 aromatic carbocycles. The molecule has 12 heavy (non-hydrogen) atoms.